The molecule has 27 nitrogen and oxygen atoms in total. The van der Waals surface area contributed by atoms with Gasteiger partial charge in [0.15, 0.2) is 55.1 Å². The molecule has 0 aromatic carbocycles. The highest BCUT2D eigenvalue weighted by Crippen LogP contribution is 2.42. The fraction of sp³-hybridized carbons (Fsp3) is 0.784. The number of rotatable bonds is 30. The van der Waals surface area contributed by atoms with Crippen LogP contribution in [0.3, 0.4) is 0 Å². The van der Waals surface area contributed by atoms with Crippen molar-refractivity contribution in [2.45, 2.75) is 232 Å². The van der Waals surface area contributed by atoms with Crippen LogP contribution in [0, 0.1) is 0 Å². The molecule has 0 aromatic rings. The molecule has 0 aliphatic carbocycles. The summed E-state index contributed by atoms with van der Waals surface area (Å²) in [6, 6.07) is 0. The molecule has 3 heterocycles. The molecule has 442 valence electrons. The van der Waals surface area contributed by atoms with Gasteiger partial charge in [0, 0.05) is 70.6 Å². The van der Waals surface area contributed by atoms with Crippen LogP contribution in [0.25, 0.3) is 0 Å². The average molecular weight is 1120 g/mol. The Labute approximate surface area is 452 Å². The Morgan fingerprint density at radius 3 is 1.04 bits per heavy atom. The summed E-state index contributed by atoms with van der Waals surface area (Å²) in [5, 5.41) is 0. The molecule has 3 aliphatic rings. The highest BCUT2D eigenvalue weighted by atomic mass is 16.8. The highest BCUT2D eigenvalue weighted by molar-refractivity contribution is 5.74. The molecule has 27 heteroatoms. The lowest BCUT2D eigenvalue weighted by atomic mass is 9.96. The van der Waals surface area contributed by atoms with E-state index in [-0.39, 0.29) is 70.6 Å². The van der Waals surface area contributed by atoms with Crippen molar-refractivity contribution in [2.24, 2.45) is 0 Å². The minimum Gasteiger partial charge on any atom is -0.463 e. The first-order chi connectivity index (χ1) is 37.1. The maximum absolute atomic E-state index is 13.5. The summed E-state index contributed by atoms with van der Waals surface area (Å²) in [7, 11) is 0. The van der Waals surface area contributed by atoms with E-state index in [1.165, 1.54) is 76.2 Å². The van der Waals surface area contributed by atoms with Crippen molar-refractivity contribution in [3.8, 4) is 0 Å². The Kier molecular flexibility index (Phi) is 27.8. The molecule has 4 unspecified atom stereocenters. The smallest absolute Gasteiger partial charge is 0.306 e. The molecular formula is C51H76O27. The van der Waals surface area contributed by atoms with Gasteiger partial charge in [-0.25, -0.2) is 0 Å². The lowest BCUT2D eigenvalue weighted by Gasteiger charge is -2.48. The zero-order chi connectivity index (χ0) is 58.3. The summed E-state index contributed by atoms with van der Waals surface area (Å²) in [6.07, 6.45) is -25.8. The standard InChI is InChI=1S/C51H76O27/c1-12-30(52)63-23-27-41(69-33(55)15-4)44(72-36(58)18-7)46(74-38(60)20-9)49(67-27)65-24-28-42(70-34(56)16-5)45(73-37(59)19-8)47(75-39(61)21-10)50(68-28)78-51(26-66-32(54)14-3)48(76-40(62)22-11)43(71-35(57)17-6)29(77-51)25-64-31(53)13-2/h27-29,41-50H,12-26H2,1-11H3/t27?,28?,29-,41+,42-,43-,44+,45+,46?,47?,48-,49+,50+,51+/m1/s1. The first-order valence-corrected chi connectivity index (χ1v) is 26.5. The molecule has 0 radical (unpaired) electrons. The van der Waals surface area contributed by atoms with Gasteiger partial charge >= 0.3 is 65.7 Å². The molecule has 3 aliphatic heterocycles. The van der Waals surface area contributed by atoms with Gasteiger partial charge in [0.05, 0.1) is 6.61 Å². The van der Waals surface area contributed by atoms with E-state index >= 15 is 0 Å². The number of esters is 11. The largest absolute Gasteiger partial charge is 0.463 e. The summed E-state index contributed by atoms with van der Waals surface area (Å²) in [6.45, 7) is 12.9. The Morgan fingerprint density at radius 2 is 0.628 bits per heavy atom. The second-order valence-electron chi connectivity index (χ2n) is 17.5. The highest BCUT2D eigenvalue weighted by Gasteiger charge is 2.65. The molecular weight excluding hydrogens is 1040 g/mol. The van der Waals surface area contributed by atoms with E-state index in [2.05, 4.69) is 0 Å². The zero-order valence-electron chi connectivity index (χ0n) is 46.1. The predicted molar refractivity (Wildman–Crippen MR) is 257 cm³/mol. The second kappa shape index (κ2) is 32.8. The Balaban J connectivity index is 2.42. The number of ether oxygens (including phenoxy) is 16. The van der Waals surface area contributed by atoms with Crippen LogP contribution >= 0.6 is 0 Å². The van der Waals surface area contributed by atoms with Gasteiger partial charge in [0.25, 0.3) is 0 Å². The molecule has 0 N–H and O–H groups in total. The van der Waals surface area contributed by atoms with Crippen molar-refractivity contribution in [3.63, 3.8) is 0 Å². The molecule has 3 fully saturated rings. The third-order valence-corrected chi connectivity index (χ3v) is 11.9. The Bertz CT molecular complexity index is 2060. The van der Waals surface area contributed by atoms with E-state index in [9.17, 15) is 52.7 Å². The zero-order valence-corrected chi connectivity index (χ0v) is 46.1. The molecule has 78 heavy (non-hydrogen) atoms. The van der Waals surface area contributed by atoms with Crippen LogP contribution in [0.1, 0.15) is 147 Å². The summed E-state index contributed by atoms with van der Waals surface area (Å²) in [5.74, 6) is -12.2. The summed E-state index contributed by atoms with van der Waals surface area (Å²) in [5.41, 5.74) is 0. The van der Waals surface area contributed by atoms with Gasteiger partial charge in [-0.05, 0) is 0 Å². The Hall–Kier alpha value is -6.03. The van der Waals surface area contributed by atoms with Gasteiger partial charge in [-0.2, -0.15) is 0 Å². The molecule has 0 saturated carbocycles. The third-order valence-electron chi connectivity index (χ3n) is 11.9. The van der Waals surface area contributed by atoms with Gasteiger partial charge in [0.1, 0.15) is 38.1 Å². The first kappa shape index (κ1) is 66.3. The Morgan fingerprint density at radius 1 is 0.321 bits per heavy atom. The quantitative estimate of drug-likeness (QED) is 0.0737. The van der Waals surface area contributed by atoms with Crippen LogP contribution in [0.5, 0.6) is 0 Å². The van der Waals surface area contributed by atoms with Crippen molar-refractivity contribution in [1.29, 1.82) is 0 Å². The predicted octanol–water partition coefficient (Wildman–Crippen LogP) is 3.00. The molecule has 0 bridgehead atoms. The van der Waals surface area contributed by atoms with Crippen LogP contribution in [-0.4, -0.2) is 178 Å². The minimum absolute atomic E-state index is 0.0951. The molecule has 0 aromatic heterocycles. The van der Waals surface area contributed by atoms with Crippen molar-refractivity contribution < 1.29 is 129 Å². The molecule has 0 amide bonds. The van der Waals surface area contributed by atoms with Crippen molar-refractivity contribution in [3.05, 3.63) is 0 Å². The van der Waals surface area contributed by atoms with E-state index in [1.54, 1.807) is 0 Å². The average Bonchev–Trinajstić information content (AvgIpc) is 3.83. The molecule has 14 atom stereocenters. The maximum atomic E-state index is 13.5. The summed E-state index contributed by atoms with van der Waals surface area (Å²) < 4.78 is 95.3. The van der Waals surface area contributed by atoms with Crippen LogP contribution in [0.2, 0.25) is 0 Å². The fourth-order valence-corrected chi connectivity index (χ4v) is 7.66. The van der Waals surface area contributed by atoms with Crippen LogP contribution < -0.4 is 0 Å². The van der Waals surface area contributed by atoms with E-state index in [4.69, 9.17) is 75.8 Å². The van der Waals surface area contributed by atoms with E-state index in [1.807, 2.05) is 0 Å². The summed E-state index contributed by atoms with van der Waals surface area (Å²) >= 11 is 0. The van der Waals surface area contributed by atoms with Crippen LogP contribution in [-0.2, 0) is 129 Å². The normalized spacial score (nSPS) is 28.4. The number of carbonyl (C=O) groups excluding carboxylic acids is 11. The SMILES string of the molecule is CCC(=O)OCC1O[C@H](OCC2O[C@@H](O[C@]3(COC(=O)CC)O[C@H](COC(=O)CC)[C@@H](OC(=O)CC)[C@H]3OC(=O)CC)C(OC(=O)CC)[C@@H](OC(=O)CC)[C@@H]2OC(=O)CC)C(OC(=O)CC)[C@@H](OC(=O)CC)[C@H]1OC(=O)CC. The van der Waals surface area contributed by atoms with Gasteiger partial charge in [-0.3, -0.25) is 52.7 Å². The van der Waals surface area contributed by atoms with Crippen molar-refractivity contribution in [2.75, 3.05) is 26.4 Å². The van der Waals surface area contributed by atoms with E-state index in [0.717, 1.165) is 0 Å². The van der Waals surface area contributed by atoms with Crippen LogP contribution in [0.15, 0.2) is 0 Å². The third kappa shape index (κ3) is 18.8. The maximum Gasteiger partial charge on any atom is 0.306 e. The molecule has 3 saturated heterocycles. The number of carbonyl (C=O) groups is 11. The van der Waals surface area contributed by atoms with Gasteiger partial charge in [-0.1, -0.05) is 76.2 Å². The first-order valence-electron chi connectivity index (χ1n) is 26.5. The molecule has 0 spiro atoms. The van der Waals surface area contributed by atoms with Crippen molar-refractivity contribution >= 4 is 65.7 Å². The monoisotopic (exact) mass is 1120 g/mol. The second-order valence-corrected chi connectivity index (χ2v) is 17.5. The lowest BCUT2D eigenvalue weighted by molar-refractivity contribution is -0.388. The van der Waals surface area contributed by atoms with Gasteiger partial charge in [0.2, 0.25) is 12.1 Å². The topological polar surface area (TPSA) is 335 Å². The number of hydrogen-bond acceptors (Lipinski definition) is 27. The van der Waals surface area contributed by atoms with Crippen LogP contribution in [0.4, 0.5) is 0 Å². The van der Waals surface area contributed by atoms with Crippen molar-refractivity contribution in [1.82, 2.24) is 0 Å². The number of hydrogen-bond donors (Lipinski definition) is 0. The van der Waals surface area contributed by atoms with E-state index in [0.29, 0.717) is 0 Å². The fourth-order valence-electron chi connectivity index (χ4n) is 7.66. The molecule has 3 rings (SSSR count). The van der Waals surface area contributed by atoms with Gasteiger partial charge < -0.3 is 75.8 Å². The summed E-state index contributed by atoms with van der Waals surface area (Å²) in [4.78, 5) is 144. The van der Waals surface area contributed by atoms with Gasteiger partial charge in [-0.15, -0.1) is 0 Å². The van der Waals surface area contributed by atoms with E-state index < -0.39 is 178 Å². The lowest BCUT2D eigenvalue weighted by Crippen LogP contribution is -2.66. The minimum atomic E-state index is -2.67.